The quantitative estimate of drug-likeness (QED) is 0.683. The number of benzene rings is 1. The molecule has 3 rings (SSSR count). The molecule has 0 bridgehead atoms. The standard InChI is InChI=1S/C21H22N6O/c1-15-19(16(2)27(26-15)12-6-11-22)9-10-20(28)25-18-13-23-21(24-14-18)17-7-4-3-5-8-17/h3-5,7-8,13-14H,6,9-10,12H2,1-2H3,(H,25,28). The molecule has 142 valence electrons. The molecule has 0 fully saturated rings. The maximum absolute atomic E-state index is 12.3. The van der Waals surface area contributed by atoms with Gasteiger partial charge in [-0.1, -0.05) is 30.3 Å². The molecule has 7 heteroatoms. The zero-order valence-corrected chi connectivity index (χ0v) is 16.0. The third-order valence-corrected chi connectivity index (χ3v) is 4.54. The molecule has 0 aliphatic carbocycles. The number of nitriles is 1. The van der Waals surface area contributed by atoms with Crippen LogP contribution in [0.25, 0.3) is 11.4 Å². The summed E-state index contributed by atoms with van der Waals surface area (Å²) in [5, 5.41) is 16.0. The van der Waals surface area contributed by atoms with Crippen molar-refractivity contribution < 1.29 is 4.79 Å². The molecule has 3 aromatic rings. The van der Waals surface area contributed by atoms with Gasteiger partial charge in [0, 0.05) is 17.7 Å². The van der Waals surface area contributed by atoms with Crippen LogP contribution in [0.1, 0.15) is 29.8 Å². The number of carbonyl (C=O) groups excluding carboxylic acids is 1. The van der Waals surface area contributed by atoms with Gasteiger partial charge in [0.15, 0.2) is 5.82 Å². The Morgan fingerprint density at radius 1 is 1.18 bits per heavy atom. The molecule has 0 aliphatic heterocycles. The van der Waals surface area contributed by atoms with Gasteiger partial charge in [-0.2, -0.15) is 10.4 Å². The average molecular weight is 374 g/mol. The van der Waals surface area contributed by atoms with Crippen LogP contribution in [0.4, 0.5) is 5.69 Å². The summed E-state index contributed by atoms with van der Waals surface area (Å²) in [6, 6.07) is 11.8. The Morgan fingerprint density at radius 2 is 1.89 bits per heavy atom. The van der Waals surface area contributed by atoms with E-state index in [9.17, 15) is 4.79 Å². The molecule has 0 unspecified atom stereocenters. The summed E-state index contributed by atoms with van der Waals surface area (Å²) in [4.78, 5) is 20.9. The van der Waals surface area contributed by atoms with Crippen molar-refractivity contribution >= 4 is 11.6 Å². The van der Waals surface area contributed by atoms with Gasteiger partial charge in [0.1, 0.15) is 0 Å². The van der Waals surface area contributed by atoms with Crippen LogP contribution in [-0.4, -0.2) is 25.7 Å². The molecular formula is C21H22N6O. The molecule has 2 heterocycles. The van der Waals surface area contributed by atoms with E-state index in [0.717, 1.165) is 22.5 Å². The van der Waals surface area contributed by atoms with Crippen molar-refractivity contribution in [3.8, 4) is 17.5 Å². The summed E-state index contributed by atoms with van der Waals surface area (Å²) in [7, 11) is 0. The van der Waals surface area contributed by atoms with Gasteiger partial charge in [-0.15, -0.1) is 0 Å². The molecule has 1 aromatic carbocycles. The Labute approximate surface area is 164 Å². The van der Waals surface area contributed by atoms with E-state index in [4.69, 9.17) is 5.26 Å². The monoisotopic (exact) mass is 374 g/mol. The Kier molecular flexibility index (Phi) is 6.12. The predicted molar refractivity (Wildman–Crippen MR) is 106 cm³/mol. The van der Waals surface area contributed by atoms with E-state index in [1.165, 1.54) is 0 Å². The zero-order valence-electron chi connectivity index (χ0n) is 16.0. The van der Waals surface area contributed by atoms with Crippen molar-refractivity contribution in [2.24, 2.45) is 0 Å². The van der Waals surface area contributed by atoms with Crippen LogP contribution in [-0.2, 0) is 17.8 Å². The number of nitrogens with one attached hydrogen (secondary N) is 1. The van der Waals surface area contributed by atoms with Gasteiger partial charge in [0.05, 0.1) is 42.8 Å². The third kappa shape index (κ3) is 4.60. The molecule has 0 saturated heterocycles. The van der Waals surface area contributed by atoms with Crippen LogP contribution in [0.5, 0.6) is 0 Å². The summed E-state index contributed by atoms with van der Waals surface area (Å²) in [5.74, 6) is 0.522. The number of aryl methyl sites for hydroxylation is 2. The Morgan fingerprint density at radius 3 is 2.57 bits per heavy atom. The molecule has 28 heavy (non-hydrogen) atoms. The fraction of sp³-hybridized carbons (Fsp3) is 0.286. The van der Waals surface area contributed by atoms with Crippen molar-refractivity contribution in [3.63, 3.8) is 0 Å². The van der Waals surface area contributed by atoms with E-state index in [0.29, 0.717) is 37.3 Å². The number of anilines is 1. The number of aromatic nitrogens is 4. The van der Waals surface area contributed by atoms with E-state index in [2.05, 4.69) is 26.5 Å². The van der Waals surface area contributed by atoms with Gasteiger partial charge in [0.2, 0.25) is 5.91 Å². The van der Waals surface area contributed by atoms with Crippen LogP contribution in [0, 0.1) is 25.2 Å². The summed E-state index contributed by atoms with van der Waals surface area (Å²) in [6.45, 7) is 4.47. The molecule has 0 aliphatic rings. The van der Waals surface area contributed by atoms with E-state index in [1.807, 2.05) is 48.9 Å². The maximum atomic E-state index is 12.3. The number of nitrogens with zero attached hydrogens (tertiary/aromatic N) is 5. The normalized spacial score (nSPS) is 10.5. The Balaban J connectivity index is 1.58. The lowest BCUT2D eigenvalue weighted by Gasteiger charge is -2.06. The van der Waals surface area contributed by atoms with Crippen molar-refractivity contribution in [1.29, 1.82) is 5.26 Å². The third-order valence-electron chi connectivity index (χ3n) is 4.54. The zero-order chi connectivity index (χ0) is 19.9. The minimum absolute atomic E-state index is 0.0976. The van der Waals surface area contributed by atoms with Gasteiger partial charge in [0.25, 0.3) is 0 Å². The highest BCUT2D eigenvalue weighted by atomic mass is 16.1. The van der Waals surface area contributed by atoms with Crippen molar-refractivity contribution in [1.82, 2.24) is 19.7 Å². The molecule has 1 amide bonds. The van der Waals surface area contributed by atoms with E-state index >= 15 is 0 Å². The number of hydrogen-bond acceptors (Lipinski definition) is 5. The lowest BCUT2D eigenvalue weighted by molar-refractivity contribution is -0.116. The average Bonchev–Trinajstić information content (AvgIpc) is 2.99. The summed E-state index contributed by atoms with van der Waals surface area (Å²) >= 11 is 0. The molecule has 1 N–H and O–H groups in total. The summed E-state index contributed by atoms with van der Waals surface area (Å²) in [6.07, 6.45) is 4.58. The minimum Gasteiger partial charge on any atom is -0.323 e. The summed E-state index contributed by atoms with van der Waals surface area (Å²) < 4.78 is 1.84. The lowest BCUT2D eigenvalue weighted by Crippen LogP contribution is -2.13. The molecule has 2 aromatic heterocycles. The second-order valence-electron chi connectivity index (χ2n) is 6.49. The van der Waals surface area contributed by atoms with E-state index in [-0.39, 0.29) is 5.91 Å². The number of rotatable bonds is 7. The Bertz CT molecular complexity index is 986. The lowest BCUT2D eigenvalue weighted by atomic mass is 10.1. The smallest absolute Gasteiger partial charge is 0.224 e. The van der Waals surface area contributed by atoms with Crippen LogP contribution < -0.4 is 5.32 Å². The number of hydrogen-bond donors (Lipinski definition) is 1. The highest BCUT2D eigenvalue weighted by Crippen LogP contribution is 2.17. The molecule has 0 saturated carbocycles. The van der Waals surface area contributed by atoms with E-state index in [1.54, 1.807) is 12.4 Å². The van der Waals surface area contributed by atoms with Gasteiger partial charge in [-0.25, -0.2) is 9.97 Å². The number of carbonyl (C=O) groups is 1. The second-order valence-corrected chi connectivity index (χ2v) is 6.49. The topological polar surface area (TPSA) is 96.5 Å². The molecule has 0 spiro atoms. The largest absolute Gasteiger partial charge is 0.323 e. The van der Waals surface area contributed by atoms with Crippen LogP contribution >= 0.6 is 0 Å². The number of amides is 1. The first-order valence-electron chi connectivity index (χ1n) is 9.15. The van der Waals surface area contributed by atoms with Gasteiger partial charge >= 0.3 is 0 Å². The van der Waals surface area contributed by atoms with Crippen LogP contribution in [0.2, 0.25) is 0 Å². The molecule has 0 atom stereocenters. The SMILES string of the molecule is Cc1nn(CCC#N)c(C)c1CCC(=O)Nc1cnc(-c2ccccc2)nc1. The second kappa shape index (κ2) is 8.91. The van der Waals surface area contributed by atoms with Gasteiger partial charge in [-0.3, -0.25) is 9.48 Å². The van der Waals surface area contributed by atoms with Crippen LogP contribution in [0.15, 0.2) is 42.7 Å². The fourth-order valence-electron chi connectivity index (χ4n) is 3.06. The maximum Gasteiger partial charge on any atom is 0.224 e. The van der Waals surface area contributed by atoms with E-state index < -0.39 is 0 Å². The first kappa shape index (κ1) is 19.2. The Hall–Kier alpha value is -3.53. The first-order valence-corrected chi connectivity index (χ1v) is 9.15. The molecular weight excluding hydrogens is 352 g/mol. The molecule has 7 nitrogen and oxygen atoms in total. The fourth-order valence-corrected chi connectivity index (χ4v) is 3.06. The predicted octanol–water partition coefficient (Wildman–Crippen LogP) is 3.44. The van der Waals surface area contributed by atoms with Crippen molar-refractivity contribution in [2.45, 2.75) is 39.7 Å². The highest BCUT2D eigenvalue weighted by Gasteiger charge is 2.13. The van der Waals surface area contributed by atoms with Crippen LogP contribution in [0.3, 0.4) is 0 Å². The van der Waals surface area contributed by atoms with Crippen molar-refractivity contribution in [3.05, 3.63) is 59.7 Å². The van der Waals surface area contributed by atoms with Crippen molar-refractivity contribution in [2.75, 3.05) is 5.32 Å². The highest BCUT2D eigenvalue weighted by molar-refractivity contribution is 5.90. The van der Waals surface area contributed by atoms with Gasteiger partial charge in [-0.05, 0) is 25.8 Å². The minimum atomic E-state index is -0.0976. The first-order chi connectivity index (χ1) is 13.6. The molecule has 0 radical (unpaired) electrons. The summed E-state index contributed by atoms with van der Waals surface area (Å²) in [5.41, 5.74) is 4.47. The van der Waals surface area contributed by atoms with Gasteiger partial charge < -0.3 is 5.32 Å².